The number of hydrogen-bond donors (Lipinski definition) is 0. The summed E-state index contributed by atoms with van der Waals surface area (Å²) >= 11 is 0. The Morgan fingerprint density at radius 1 is 0.889 bits per heavy atom. The highest BCUT2D eigenvalue weighted by molar-refractivity contribution is 5.99. The number of amides is 2. The Morgan fingerprint density at radius 3 is 2.14 bits per heavy atom. The second-order valence-corrected chi connectivity index (χ2v) is 8.80. The molecule has 0 aliphatic rings. The second kappa shape index (κ2) is 13.8. The molecule has 0 N–H and O–H groups in total. The molecule has 1 atom stereocenters. The molecular weight excluding hydrogens is 450 g/mol. The van der Waals surface area contributed by atoms with E-state index in [1.807, 2.05) is 78.7 Å². The topological polar surface area (TPSA) is 89.4 Å². The molecule has 3 aromatic rings. The van der Waals surface area contributed by atoms with Crippen LogP contribution in [0.25, 0.3) is 10.4 Å². The van der Waals surface area contributed by atoms with Crippen LogP contribution in [0, 0.1) is 0 Å². The van der Waals surface area contributed by atoms with Crippen molar-refractivity contribution in [3.05, 3.63) is 112 Å². The third-order valence-electron chi connectivity index (χ3n) is 6.08. The van der Waals surface area contributed by atoms with Crippen molar-refractivity contribution < 1.29 is 9.59 Å². The maximum absolute atomic E-state index is 14.2. The summed E-state index contributed by atoms with van der Waals surface area (Å²) in [5, 5.41) is 3.84. The van der Waals surface area contributed by atoms with Crippen molar-refractivity contribution in [2.24, 2.45) is 5.11 Å². The predicted molar refractivity (Wildman–Crippen MR) is 142 cm³/mol. The summed E-state index contributed by atoms with van der Waals surface area (Å²) in [6.07, 6.45) is 2.77. The molecule has 7 nitrogen and oxygen atoms in total. The number of benzene rings is 3. The SMILES string of the molecule is CCCCCN(C(=O)Cc1ccccc1)C(=O)C(c1ccccc1N=[N+]=[N-])N(C)Cc1ccccc1. The first-order valence-electron chi connectivity index (χ1n) is 12.3. The third-order valence-corrected chi connectivity index (χ3v) is 6.08. The second-order valence-electron chi connectivity index (χ2n) is 8.80. The van der Waals surface area contributed by atoms with Crippen LogP contribution in [0.15, 0.2) is 90.0 Å². The summed E-state index contributed by atoms with van der Waals surface area (Å²) in [7, 11) is 1.86. The molecular formula is C29H33N5O2. The lowest BCUT2D eigenvalue weighted by molar-refractivity contribution is -0.148. The highest BCUT2D eigenvalue weighted by atomic mass is 16.2. The lowest BCUT2D eigenvalue weighted by atomic mass is 10.0. The molecule has 0 spiro atoms. The molecule has 1 unspecified atom stereocenters. The highest BCUT2D eigenvalue weighted by Gasteiger charge is 2.33. The van der Waals surface area contributed by atoms with Crippen LogP contribution in [0.4, 0.5) is 5.69 Å². The summed E-state index contributed by atoms with van der Waals surface area (Å²) in [5.74, 6) is -0.548. The van der Waals surface area contributed by atoms with Crippen molar-refractivity contribution in [1.29, 1.82) is 0 Å². The van der Waals surface area contributed by atoms with Gasteiger partial charge in [0.1, 0.15) is 6.04 Å². The molecule has 0 bridgehead atoms. The van der Waals surface area contributed by atoms with Crippen LogP contribution in [-0.4, -0.2) is 35.2 Å². The molecule has 3 rings (SSSR count). The van der Waals surface area contributed by atoms with Crippen LogP contribution < -0.4 is 0 Å². The van der Waals surface area contributed by atoms with Gasteiger partial charge in [-0.3, -0.25) is 19.4 Å². The smallest absolute Gasteiger partial charge is 0.251 e. The van der Waals surface area contributed by atoms with Crippen molar-refractivity contribution in [2.45, 2.75) is 45.2 Å². The standard InChI is InChI=1S/C29H33N5O2/c1-3-4-13-20-34(27(35)21-23-14-7-5-8-15-23)29(36)28(25-18-11-12-19-26(25)31-32-30)33(2)22-24-16-9-6-10-17-24/h5-12,14-19,28H,3-4,13,20-22H2,1-2H3. The van der Waals surface area contributed by atoms with Crippen LogP contribution in [-0.2, 0) is 22.6 Å². The zero-order valence-corrected chi connectivity index (χ0v) is 21.0. The first-order chi connectivity index (χ1) is 17.5. The fourth-order valence-corrected chi connectivity index (χ4v) is 4.27. The maximum atomic E-state index is 14.2. The number of likely N-dealkylation sites (N-methyl/N-ethyl adjacent to an activating group) is 1. The van der Waals surface area contributed by atoms with E-state index in [2.05, 4.69) is 16.9 Å². The van der Waals surface area contributed by atoms with E-state index < -0.39 is 6.04 Å². The first kappa shape index (κ1) is 26.7. The van der Waals surface area contributed by atoms with E-state index in [-0.39, 0.29) is 18.2 Å². The normalized spacial score (nSPS) is 11.5. The zero-order valence-electron chi connectivity index (χ0n) is 21.0. The van der Waals surface area contributed by atoms with Gasteiger partial charge in [0.05, 0.1) is 6.42 Å². The molecule has 186 valence electrons. The fourth-order valence-electron chi connectivity index (χ4n) is 4.27. The predicted octanol–water partition coefficient (Wildman–Crippen LogP) is 6.59. The van der Waals surface area contributed by atoms with Gasteiger partial charge in [-0.05, 0) is 35.7 Å². The van der Waals surface area contributed by atoms with Crippen molar-refractivity contribution in [2.75, 3.05) is 13.6 Å². The molecule has 0 radical (unpaired) electrons. The van der Waals surface area contributed by atoms with Crippen LogP contribution in [0.3, 0.4) is 0 Å². The lowest BCUT2D eigenvalue weighted by Gasteiger charge is -2.33. The van der Waals surface area contributed by atoms with E-state index in [0.717, 1.165) is 30.4 Å². The van der Waals surface area contributed by atoms with Crippen LogP contribution in [0.5, 0.6) is 0 Å². The van der Waals surface area contributed by atoms with Gasteiger partial charge in [0.25, 0.3) is 5.91 Å². The monoisotopic (exact) mass is 483 g/mol. The minimum Gasteiger partial charge on any atom is -0.287 e. The Balaban J connectivity index is 2.00. The van der Waals surface area contributed by atoms with Gasteiger partial charge in [0, 0.05) is 23.7 Å². The Labute approximate surface area is 213 Å². The van der Waals surface area contributed by atoms with Gasteiger partial charge in [0.15, 0.2) is 0 Å². The van der Waals surface area contributed by atoms with Gasteiger partial charge in [-0.25, -0.2) is 0 Å². The van der Waals surface area contributed by atoms with Crippen molar-refractivity contribution in [3.8, 4) is 0 Å². The van der Waals surface area contributed by atoms with Crippen molar-refractivity contribution in [1.82, 2.24) is 9.80 Å². The van der Waals surface area contributed by atoms with Crippen LogP contribution >= 0.6 is 0 Å². The third kappa shape index (κ3) is 7.28. The molecule has 0 saturated heterocycles. The number of imide groups is 1. The number of azide groups is 1. The van der Waals surface area contributed by atoms with E-state index in [0.29, 0.717) is 24.3 Å². The molecule has 3 aromatic carbocycles. The summed E-state index contributed by atoms with van der Waals surface area (Å²) in [6.45, 7) is 2.92. The molecule has 0 aliphatic carbocycles. The molecule has 0 aromatic heterocycles. The minimum absolute atomic E-state index is 0.145. The van der Waals surface area contributed by atoms with Crippen LogP contribution in [0.1, 0.15) is 48.9 Å². The molecule has 0 aliphatic heterocycles. The van der Waals surface area contributed by atoms with Crippen LogP contribution in [0.2, 0.25) is 0 Å². The summed E-state index contributed by atoms with van der Waals surface area (Å²) < 4.78 is 0. The molecule has 0 heterocycles. The van der Waals surface area contributed by atoms with Gasteiger partial charge in [-0.1, -0.05) is 110 Å². The van der Waals surface area contributed by atoms with E-state index in [9.17, 15) is 9.59 Å². The molecule has 2 amide bonds. The number of carbonyl (C=O) groups is 2. The van der Waals surface area contributed by atoms with E-state index >= 15 is 0 Å². The van der Waals surface area contributed by atoms with Gasteiger partial charge >= 0.3 is 0 Å². The summed E-state index contributed by atoms with van der Waals surface area (Å²) in [4.78, 5) is 33.9. The first-order valence-corrected chi connectivity index (χ1v) is 12.3. The average Bonchev–Trinajstić information content (AvgIpc) is 2.89. The van der Waals surface area contributed by atoms with Crippen molar-refractivity contribution >= 4 is 17.5 Å². The fraction of sp³-hybridized carbons (Fsp3) is 0.310. The average molecular weight is 484 g/mol. The Bertz CT molecular complexity index is 1180. The number of unbranched alkanes of at least 4 members (excludes halogenated alkanes) is 2. The summed E-state index contributed by atoms with van der Waals surface area (Å²) in [5.41, 5.74) is 12.0. The molecule has 0 saturated carbocycles. The number of carbonyl (C=O) groups excluding carboxylic acids is 2. The molecule has 0 fully saturated rings. The van der Waals surface area contributed by atoms with E-state index in [1.54, 1.807) is 18.2 Å². The highest BCUT2D eigenvalue weighted by Crippen LogP contribution is 2.32. The van der Waals surface area contributed by atoms with Gasteiger partial charge in [-0.2, -0.15) is 0 Å². The van der Waals surface area contributed by atoms with E-state index in [4.69, 9.17) is 5.53 Å². The number of rotatable bonds is 12. The zero-order chi connectivity index (χ0) is 25.8. The molecule has 36 heavy (non-hydrogen) atoms. The quantitative estimate of drug-likeness (QED) is 0.126. The van der Waals surface area contributed by atoms with E-state index in [1.165, 1.54) is 4.90 Å². The minimum atomic E-state index is -0.798. The lowest BCUT2D eigenvalue weighted by Crippen LogP contribution is -2.45. The Kier molecular flexibility index (Phi) is 10.2. The van der Waals surface area contributed by atoms with Gasteiger partial charge < -0.3 is 0 Å². The Hall–Kier alpha value is -3.93. The largest absolute Gasteiger partial charge is 0.287 e. The molecule has 7 heteroatoms. The number of nitrogens with zero attached hydrogens (tertiary/aromatic N) is 5. The van der Waals surface area contributed by atoms with Crippen molar-refractivity contribution in [3.63, 3.8) is 0 Å². The maximum Gasteiger partial charge on any atom is 0.251 e. The summed E-state index contributed by atoms with van der Waals surface area (Å²) in [6, 6.07) is 25.6. The van der Waals surface area contributed by atoms with Gasteiger partial charge in [-0.15, -0.1) is 0 Å². The number of hydrogen-bond acceptors (Lipinski definition) is 4. The van der Waals surface area contributed by atoms with Gasteiger partial charge in [0.2, 0.25) is 5.91 Å². The Morgan fingerprint density at radius 2 is 1.50 bits per heavy atom.